The first-order valence-electron chi connectivity index (χ1n) is 6.97. The van der Waals surface area contributed by atoms with Crippen molar-refractivity contribution in [2.24, 2.45) is 5.73 Å². The third-order valence-electron chi connectivity index (χ3n) is 3.82. The van der Waals surface area contributed by atoms with Gasteiger partial charge in [0.15, 0.2) is 0 Å². The molecule has 2 nitrogen and oxygen atoms in total. The van der Waals surface area contributed by atoms with Crippen LogP contribution >= 0.6 is 0 Å². The van der Waals surface area contributed by atoms with Crippen molar-refractivity contribution in [3.63, 3.8) is 0 Å². The predicted molar refractivity (Wildman–Crippen MR) is 83.6 cm³/mol. The summed E-state index contributed by atoms with van der Waals surface area (Å²) in [6.45, 7) is 2.17. The first-order valence-corrected chi connectivity index (χ1v) is 6.97. The van der Waals surface area contributed by atoms with Crippen molar-refractivity contribution in [1.82, 2.24) is 4.98 Å². The van der Waals surface area contributed by atoms with Gasteiger partial charge in [-0.05, 0) is 34.6 Å². The molecule has 20 heavy (non-hydrogen) atoms. The number of aromatic nitrogens is 1. The van der Waals surface area contributed by atoms with Gasteiger partial charge in [0.05, 0.1) is 6.04 Å². The Balaban J connectivity index is 2.15. The summed E-state index contributed by atoms with van der Waals surface area (Å²) in [7, 11) is 0. The fourth-order valence-corrected chi connectivity index (χ4v) is 2.75. The SMILES string of the molecule is CCc1ccccc1C(N)c1cccc2cnccc12. The number of rotatable bonds is 3. The van der Waals surface area contributed by atoms with E-state index in [2.05, 4.69) is 48.3 Å². The Morgan fingerprint density at radius 1 is 1.00 bits per heavy atom. The highest BCUT2D eigenvalue weighted by molar-refractivity contribution is 5.85. The lowest BCUT2D eigenvalue weighted by atomic mass is 9.91. The van der Waals surface area contributed by atoms with Crippen LogP contribution in [0.1, 0.15) is 29.7 Å². The van der Waals surface area contributed by atoms with E-state index >= 15 is 0 Å². The quantitative estimate of drug-likeness (QED) is 0.778. The van der Waals surface area contributed by atoms with E-state index in [0.29, 0.717) is 0 Å². The molecule has 0 bridgehead atoms. The summed E-state index contributed by atoms with van der Waals surface area (Å²) in [6, 6.07) is 16.6. The lowest BCUT2D eigenvalue weighted by molar-refractivity contribution is 0.857. The maximum atomic E-state index is 6.54. The summed E-state index contributed by atoms with van der Waals surface area (Å²) in [5.41, 5.74) is 10.2. The molecule has 0 saturated carbocycles. The molecule has 1 heterocycles. The Hall–Kier alpha value is -2.19. The van der Waals surface area contributed by atoms with Crippen LogP contribution in [-0.2, 0) is 6.42 Å². The molecule has 2 heteroatoms. The van der Waals surface area contributed by atoms with E-state index in [-0.39, 0.29) is 6.04 Å². The summed E-state index contributed by atoms with van der Waals surface area (Å²) < 4.78 is 0. The van der Waals surface area contributed by atoms with E-state index < -0.39 is 0 Å². The minimum absolute atomic E-state index is 0.0998. The zero-order valence-electron chi connectivity index (χ0n) is 11.6. The highest BCUT2D eigenvalue weighted by Gasteiger charge is 2.14. The van der Waals surface area contributed by atoms with Gasteiger partial charge in [-0.25, -0.2) is 0 Å². The zero-order valence-corrected chi connectivity index (χ0v) is 11.6. The fraction of sp³-hybridized carbons (Fsp3) is 0.167. The molecule has 3 aromatic rings. The van der Waals surface area contributed by atoms with Crippen LogP contribution in [0.2, 0.25) is 0 Å². The van der Waals surface area contributed by atoms with E-state index in [4.69, 9.17) is 5.73 Å². The molecular weight excluding hydrogens is 244 g/mol. The van der Waals surface area contributed by atoms with Crippen molar-refractivity contribution in [2.75, 3.05) is 0 Å². The molecule has 3 rings (SSSR count). The second-order valence-corrected chi connectivity index (χ2v) is 4.97. The van der Waals surface area contributed by atoms with E-state index in [1.807, 2.05) is 24.5 Å². The Bertz CT molecular complexity index is 729. The lowest BCUT2D eigenvalue weighted by Crippen LogP contribution is -2.14. The summed E-state index contributed by atoms with van der Waals surface area (Å²) in [6.07, 6.45) is 4.71. The summed E-state index contributed by atoms with van der Waals surface area (Å²) >= 11 is 0. The van der Waals surface area contributed by atoms with E-state index in [9.17, 15) is 0 Å². The van der Waals surface area contributed by atoms with Crippen molar-refractivity contribution in [3.05, 3.63) is 77.6 Å². The van der Waals surface area contributed by atoms with Gasteiger partial charge < -0.3 is 5.73 Å². The Labute approximate surface area is 119 Å². The molecule has 0 amide bonds. The van der Waals surface area contributed by atoms with Crippen molar-refractivity contribution < 1.29 is 0 Å². The molecule has 0 aliphatic heterocycles. The number of pyridine rings is 1. The van der Waals surface area contributed by atoms with Crippen molar-refractivity contribution in [2.45, 2.75) is 19.4 Å². The molecule has 100 valence electrons. The first-order chi connectivity index (χ1) is 9.81. The van der Waals surface area contributed by atoms with Crippen LogP contribution in [-0.4, -0.2) is 4.98 Å². The van der Waals surface area contributed by atoms with Gasteiger partial charge in [-0.1, -0.05) is 49.4 Å². The van der Waals surface area contributed by atoms with Gasteiger partial charge in [0.1, 0.15) is 0 Å². The summed E-state index contributed by atoms with van der Waals surface area (Å²) in [5.74, 6) is 0. The standard InChI is InChI=1S/C18H18N2/c1-2-13-6-3-4-8-16(13)18(19)17-9-5-7-14-12-20-11-10-15(14)17/h3-12,18H,2,19H2,1H3. The Kier molecular flexibility index (Phi) is 3.48. The van der Waals surface area contributed by atoms with Gasteiger partial charge in [0.2, 0.25) is 0 Å². The second kappa shape index (κ2) is 5.43. The van der Waals surface area contributed by atoms with Crippen molar-refractivity contribution >= 4 is 10.8 Å². The van der Waals surface area contributed by atoms with Crippen LogP contribution in [0, 0.1) is 0 Å². The van der Waals surface area contributed by atoms with Gasteiger partial charge in [-0.15, -0.1) is 0 Å². The summed E-state index contributed by atoms with van der Waals surface area (Å²) in [5, 5.41) is 2.32. The zero-order chi connectivity index (χ0) is 13.9. The molecule has 0 aliphatic rings. The average molecular weight is 262 g/mol. The maximum Gasteiger partial charge on any atom is 0.0560 e. The molecule has 1 aromatic heterocycles. The number of hydrogen-bond donors (Lipinski definition) is 1. The molecule has 0 saturated heterocycles. The molecule has 0 fully saturated rings. The highest BCUT2D eigenvalue weighted by Crippen LogP contribution is 2.28. The first kappa shape index (κ1) is 12.8. The minimum atomic E-state index is -0.0998. The van der Waals surface area contributed by atoms with E-state index in [1.165, 1.54) is 16.5 Å². The van der Waals surface area contributed by atoms with E-state index in [0.717, 1.165) is 17.4 Å². The second-order valence-electron chi connectivity index (χ2n) is 4.97. The molecule has 1 atom stereocenters. The van der Waals surface area contributed by atoms with Crippen molar-refractivity contribution in [3.8, 4) is 0 Å². The van der Waals surface area contributed by atoms with Crippen LogP contribution in [0.25, 0.3) is 10.8 Å². The van der Waals surface area contributed by atoms with Crippen LogP contribution in [0.5, 0.6) is 0 Å². The van der Waals surface area contributed by atoms with E-state index in [1.54, 1.807) is 0 Å². The van der Waals surface area contributed by atoms with Crippen molar-refractivity contribution in [1.29, 1.82) is 0 Å². The third-order valence-corrected chi connectivity index (χ3v) is 3.82. The normalized spacial score (nSPS) is 12.5. The predicted octanol–water partition coefficient (Wildman–Crippen LogP) is 3.85. The molecule has 2 N–H and O–H groups in total. The fourth-order valence-electron chi connectivity index (χ4n) is 2.75. The Morgan fingerprint density at radius 3 is 2.65 bits per heavy atom. The topological polar surface area (TPSA) is 38.9 Å². The van der Waals surface area contributed by atoms with Gasteiger partial charge in [0, 0.05) is 17.8 Å². The van der Waals surface area contributed by atoms with Gasteiger partial charge in [-0.2, -0.15) is 0 Å². The smallest absolute Gasteiger partial charge is 0.0560 e. The highest BCUT2D eigenvalue weighted by atomic mass is 14.6. The minimum Gasteiger partial charge on any atom is -0.320 e. The molecule has 0 spiro atoms. The number of hydrogen-bond acceptors (Lipinski definition) is 2. The van der Waals surface area contributed by atoms with Crippen LogP contribution in [0.3, 0.4) is 0 Å². The monoisotopic (exact) mass is 262 g/mol. The van der Waals surface area contributed by atoms with Gasteiger partial charge >= 0.3 is 0 Å². The number of nitrogens with zero attached hydrogens (tertiary/aromatic N) is 1. The molecular formula is C18H18N2. The maximum absolute atomic E-state index is 6.54. The largest absolute Gasteiger partial charge is 0.320 e. The third kappa shape index (κ3) is 2.19. The molecule has 2 aromatic carbocycles. The number of nitrogens with two attached hydrogens (primary N) is 1. The number of fused-ring (bicyclic) bond motifs is 1. The van der Waals surface area contributed by atoms with Gasteiger partial charge in [0.25, 0.3) is 0 Å². The Morgan fingerprint density at radius 2 is 1.80 bits per heavy atom. The molecule has 0 radical (unpaired) electrons. The van der Waals surface area contributed by atoms with Crippen LogP contribution < -0.4 is 5.73 Å². The number of aryl methyl sites for hydroxylation is 1. The molecule has 1 unspecified atom stereocenters. The lowest BCUT2D eigenvalue weighted by Gasteiger charge is -2.18. The average Bonchev–Trinajstić information content (AvgIpc) is 2.53. The summed E-state index contributed by atoms with van der Waals surface area (Å²) in [4.78, 5) is 4.18. The molecule has 0 aliphatic carbocycles. The number of benzene rings is 2. The van der Waals surface area contributed by atoms with Gasteiger partial charge in [-0.3, -0.25) is 4.98 Å². The van der Waals surface area contributed by atoms with Crippen LogP contribution in [0.15, 0.2) is 60.9 Å². The van der Waals surface area contributed by atoms with Crippen LogP contribution in [0.4, 0.5) is 0 Å².